The van der Waals surface area contributed by atoms with E-state index in [1.807, 2.05) is 7.05 Å². The van der Waals surface area contributed by atoms with Crippen LogP contribution in [0.1, 0.15) is 70.2 Å². The lowest BCUT2D eigenvalue weighted by molar-refractivity contribution is 0.292. The quantitative estimate of drug-likeness (QED) is 0.855. The molecule has 0 saturated heterocycles. The fourth-order valence-electron chi connectivity index (χ4n) is 2.86. The monoisotopic (exact) mass is 237 g/mol. The van der Waals surface area contributed by atoms with Crippen molar-refractivity contribution in [3.8, 4) is 0 Å². The van der Waals surface area contributed by atoms with Gasteiger partial charge in [-0.25, -0.2) is 0 Å². The van der Waals surface area contributed by atoms with Gasteiger partial charge in [-0.1, -0.05) is 26.7 Å². The fraction of sp³-hybridized carbons (Fsp3) is 0.846. The van der Waals surface area contributed by atoms with Crippen LogP contribution in [0.15, 0.2) is 4.42 Å². The molecular formula is C13H23N3O. The number of nitrogens with one attached hydrogen (secondary N) is 1. The van der Waals surface area contributed by atoms with Gasteiger partial charge in [-0.3, -0.25) is 0 Å². The van der Waals surface area contributed by atoms with Gasteiger partial charge in [-0.05, 0) is 32.7 Å². The van der Waals surface area contributed by atoms with Crippen LogP contribution in [0.3, 0.4) is 0 Å². The molecule has 0 bridgehead atoms. The van der Waals surface area contributed by atoms with Crippen molar-refractivity contribution in [2.75, 3.05) is 7.05 Å². The van der Waals surface area contributed by atoms with Crippen LogP contribution in [0.5, 0.6) is 0 Å². The third kappa shape index (κ3) is 2.23. The van der Waals surface area contributed by atoms with E-state index >= 15 is 0 Å². The molecule has 0 spiro atoms. The van der Waals surface area contributed by atoms with Gasteiger partial charge >= 0.3 is 0 Å². The maximum Gasteiger partial charge on any atom is 0.233 e. The van der Waals surface area contributed by atoms with Crippen LogP contribution in [0.2, 0.25) is 0 Å². The Bertz CT molecular complexity index is 351. The number of aromatic nitrogens is 2. The highest BCUT2D eigenvalue weighted by molar-refractivity contribution is 5.07. The van der Waals surface area contributed by atoms with Gasteiger partial charge in [0, 0.05) is 5.41 Å². The van der Waals surface area contributed by atoms with E-state index in [1.165, 1.54) is 25.7 Å². The summed E-state index contributed by atoms with van der Waals surface area (Å²) >= 11 is 0. The largest absolute Gasteiger partial charge is 0.423 e. The summed E-state index contributed by atoms with van der Waals surface area (Å²) in [6.07, 6.45) is 7.04. The van der Waals surface area contributed by atoms with Crippen LogP contribution in [-0.4, -0.2) is 17.2 Å². The summed E-state index contributed by atoms with van der Waals surface area (Å²) < 4.78 is 5.92. The van der Waals surface area contributed by atoms with Gasteiger partial charge in [0.2, 0.25) is 11.8 Å². The molecule has 1 fully saturated rings. The molecule has 4 heteroatoms. The number of nitrogens with zero attached hydrogens (tertiary/aromatic N) is 2. The van der Waals surface area contributed by atoms with Crippen molar-refractivity contribution in [2.24, 2.45) is 0 Å². The lowest BCUT2D eigenvalue weighted by Crippen LogP contribution is -2.21. The number of hydrogen-bond donors (Lipinski definition) is 1. The second-order valence-corrected chi connectivity index (χ2v) is 5.04. The fourth-order valence-corrected chi connectivity index (χ4v) is 2.86. The number of hydrogen-bond acceptors (Lipinski definition) is 4. The van der Waals surface area contributed by atoms with Crippen molar-refractivity contribution >= 4 is 0 Å². The molecule has 1 heterocycles. The third-order valence-corrected chi connectivity index (χ3v) is 4.19. The Labute approximate surface area is 103 Å². The Balaban J connectivity index is 2.22. The van der Waals surface area contributed by atoms with E-state index in [1.54, 1.807) is 0 Å². The van der Waals surface area contributed by atoms with Crippen LogP contribution >= 0.6 is 0 Å². The molecule has 1 unspecified atom stereocenters. The average Bonchev–Trinajstić information content (AvgIpc) is 2.99. The van der Waals surface area contributed by atoms with Gasteiger partial charge < -0.3 is 9.73 Å². The Morgan fingerprint density at radius 1 is 1.29 bits per heavy atom. The summed E-state index contributed by atoms with van der Waals surface area (Å²) in [5, 5.41) is 11.7. The van der Waals surface area contributed by atoms with Crippen molar-refractivity contribution in [1.82, 2.24) is 15.5 Å². The molecule has 1 saturated carbocycles. The highest BCUT2D eigenvalue weighted by atomic mass is 16.4. The number of rotatable bonds is 5. The van der Waals surface area contributed by atoms with E-state index in [0.29, 0.717) is 0 Å². The van der Waals surface area contributed by atoms with Crippen molar-refractivity contribution in [3.63, 3.8) is 0 Å². The lowest BCUT2D eigenvalue weighted by Gasteiger charge is -2.22. The van der Waals surface area contributed by atoms with E-state index < -0.39 is 0 Å². The minimum Gasteiger partial charge on any atom is -0.423 e. The minimum atomic E-state index is 0.164. The SMILES string of the molecule is CCC(NC)c1nnc(C2(CC)CCCC2)o1. The van der Waals surface area contributed by atoms with Crippen molar-refractivity contribution < 1.29 is 4.42 Å². The first-order valence-electron chi connectivity index (χ1n) is 6.77. The zero-order valence-electron chi connectivity index (χ0n) is 11.1. The van der Waals surface area contributed by atoms with Gasteiger partial charge in [0.25, 0.3) is 0 Å². The van der Waals surface area contributed by atoms with E-state index in [-0.39, 0.29) is 11.5 Å². The van der Waals surface area contributed by atoms with Gasteiger partial charge in [-0.15, -0.1) is 10.2 Å². The predicted molar refractivity (Wildman–Crippen MR) is 66.8 cm³/mol. The van der Waals surface area contributed by atoms with Crippen LogP contribution in [-0.2, 0) is 5.41 Å². The van der Waals surface area contributed by atoms with Crippen LogP contribution in [0.25, 0.3) is 0 Å². The van der Waals surface area contributed by atoms with E-state index in [0.717, 1.165) is 24.6 Å². The zero-order valence-corrected chi connectivity index (χ0v) is 11.1. The summed E-state index contributed by atoms with van der Waals surface area (Å²) in [5.74, 6) is 1.60. The normalized spacial score (nSPS) is 20.6. The van der Waals surface area contributed by atoms with Gasteiger partial charge in [0.1, 0.15) is 0 Å². The van der Waals surface area contributed by atoms with Crippen molar-refractivity contribution in [2.45, 2.75) is 63.8 Å². The van der Waals surface area contributed by atoms with Crippen molar-refractivity contribution in [3.05, 3.63) is 11.8 Å². The van der Waals surface area contributed by atoms with E-state index in [2.05, 4.69) is 29.4 Å². The molecule has 1 N–H and O–H groups in total. The minimum absolute atomic E-state index is 0.164. The maximum atomic E-state index is 5.92. The Morgan fingerprint density at radius 2 is 2.00 bits per heavy atom. The molecule has 17 heavy (non-hydrogen) atoms. The zero-order chi connectivity index (χ0) is 12.3. The molecule has 1 aliphatic carbocycles. The van der Waals surface area contributed by atoms with Gasteiger partial charge in [0.05, 0.1) is 6.04 Å². The average molecular weight is 237 g/mol. The highest BCUT2D eigenvalue weighted by Gasteiger charge is 2.39. The smallest absolute Gasteiger partial charge is 0.233 e. The predicted octanol–water partition coefficient (Wildman–Crippen LogP) is 2.96. The summed E-state index contributed by atoms with van der Waals surface area (Å²) in [6, 6.07) is 0.187. The molecule has 0 aliphatic heterocycles. The van der Waals surface area contributed by atoms with Gasteiger partial charge in [-0.2, -0.15) is 0 Å². The molecule has 1 aliphatic rings. The summed E-state index contributed by atoms with van der Waals surface area (Å²) in [4.78, 5) is 0. The third-order valence-electron chi connectivity index (χ3n) is 4.19. The standard InChI is InChI=1S/C13H23N3O/c1-4-10(14-3)11-15-16-12(17-11)13(5-2)8-6-7-9-13/h10,14H,4-9H2,1-3H3. The molecule has 4 nitrogen and oxygen atoms in total. The molecule has 1 atom stereocenters. The molecule has 0 aromatic carbocycles. The summed E-state index contributed by atoms with van der Waals surface area (Å²) in [7, 11) is 1.93. The first-order chi connectivity index (χ1) is 8.25. The van der Waals surface area contributed by atoms with Crippen LogP contribution < -0.4 is 5.32 Å². The topological polar surface area (TPSA) is 51.0 Å². The second-order valence-electron chi connectivity index (χ2n) is 5.04. The van der Waals surface area contributed by atoms with E-state index in [4.69, 9.17) is 4.42 Å². The molecule has 1 aromatic heterocycles. The van der Waals surface area contributed by atoms with Gasteiger partial charge in [0.15, 0.2) is 0 Å². The van der Waals surface area contributed by atoms with Crippen LogP contribution in [0, 0.1) is 0 Å². The maximum absolute atomic E-state index is 5.92. The second kappa shape index (κ2) is 5.17. The molecule has 96 valence electrons. The summed E-state index contributed by atoms with van der Waals surface area (Å²) in [5.41, 5.74) is 0.164. The van der Waals surface area contributed by atoms with Crippen molar-refractivity contribution in [1.29, 1.82) is 0 Å². The summed E-state index contributed by atoms with van der Waals surface area (Å²) in [6.45, 7) is 4.35. The molecule has 1 aromatic rings. The lowest BCUT2D eigenvalue weighted by atomic mass is 9.83. The first-order valence-corrected chi connectivity index (χ1v) is 6.77. The van der Waals surface area contributed by atoms with Crippen LogP contribution in [0.4, 0.5) is 0 Å². The molecule has 2 rings (SSSR count). The molecule has 0 amide bonds. The first kappa shape index (κ1) is 12.6. The highest BCUT2D eigenvalue weighted by Crippen LogP contribution is 2.43. The Kier molecular flexibility index (Phi) is 3.82. The Morgan fingerprint density at radius 3 is 2.53 bits per heavy atom. The van der Waals surface area contributed by atoms with E-state index in [9.17, 15) is 0 Å². The Hall–Kier alpha value is -0.900. The molecular weight excluding hydrogens is 214 g/mol. The molecule has 0 radical (unpaired) electrons.